The van der Waals surface area contributed by atoms with E-state index in [0.717, 1.165) is 0 Å². The van der Waals surface area contributed by atoms with Gasteiger partial charge in [-0.25, -0.2) is 4.98 Å². The van der Waals surface area contributed by atoms with Crippen LogP contribution in [0, 0.1) is 11.3 Å². The molecule has 1 aromatic heterocycles. The lowest BCUT2D eigenvalue weighted by molar-refractivity contribution is -0.116. The van der Waals surface area contributed by atoms with Crippen molar-refractivity contribution in [1.29, 1.82) is 5.26 Å². The molecule has 5 N–H and O–H groups in total. The molecule has 1 rings (SSSR count). The van der Waals surface area contributed by atoms with E-state index in [-0.39, 0.29) is 12.1 Å². The number of rotatable bonds is 3. The molecule has 0 spiro atoms. The summed E-state index contributed by atoms with van der Waals surface area (Å²) >= 11 is 0. The highest BCUT2D eigenvalue weighted by Gasteiger charge is 2.04. The van der Waals surface area contributed by atoms with Crippen molar-refractivity contribution >= 4 is 17.4 Å². The maximum Gasteiger partial charge on any atom is 0.236 e. The summed E-state index contributed by atoms with van der Waals surface area (Å²) in [5, 5.41) is 11.3. The second kappa shape index (κ2) is 4.09. The molecule has 0 aliphatic carbocycles. The molecule has 14 heavy (non-hydrogen) atoms. The Labute approximate surface area is 80.5 Å². The summed E-state index contributed by atoms with van der Waals surface area (Å²) < 4.78 is 0. The van der Waals surface area contributed by atoms with Crippen LogP contribution in [0.4, 0.5) is 11.5 Å². The molecule has 72 valence electrons. The fraction of sp³-hybridized carbons (Fsp3) is 0.125. The van der Waals surface area contributed by atoms with E-state index < -0.39 is 5.91 Å². The van der Waals surface area contributed by atoms with Gasteiger partial charge in [-0.15, -0.1) is 0 Å². The van der Waals surface area contributed by atoms with Gasteiger partial charge in [-0.1, -0.05) is 0 Å². The first kappa shape index (κ1) is 9.80. The van der Waals surface area contributed by atoms with E-state index in [2.05, 4.69) is 10.3 Å². The van der Waals surface area contributed by atoms with Crippen LogP contribution < -0.4 is 16.8 Å². The van der Waals surface area contributed by atoms with Crippen molar-refractivity contribution in [1.82, 2.24) is 4.98 Å². The Balaban J connectivity index is 2.87. The molecule has 1 amide bonds. The Hall–Kier alpha value is -2.29. The maximum atomic E-state index is 10.5. The molecule has 0 unspecified atom stereocenters. The highest BCUT2D eigenvalue weighted by Crippen LogP contribution is 2.13. The number of nitrogen functional groups attached to an aromatic ring is 1. The van der Waals surface area contributed by atoms with Crippen LogP contribution >= 0.6 is 0 Å². The van der Waals surface area contributed by atoms with Gasteiger partial charge in [0.15, 0.2) is 0 Å². The SMILES string of the molecule is N#Cc1cc(N)cnc1NCC(N)=O. The van der Waals surface area contributed by atoms with Crippen molar-refractivity contribution in [2.24, 2.45) is 5.73 Å². The van der Waals surface area contributed by atoms with Crippen LogP contribution in [-0.4, -0.2) is 17.4 Å². The van der Waals surface area contributed by atoms with Gasteiger partial charge in [0.2, 0.25) is 5.91 Å². The number of nitrogens with one attached hydrogen (secondary N) is 1. The first-order valence-electron chi connectivity index (χ1n) is 3.81. The predicted molar refractivity (Wildman–Crippen MR) is 51.0 cm³/mol. The number of nitriles is 1. The highest BCUT2D eigenvalue weighted by atomic mass is 16.1. The van der Waals surface area contributed by atoms with Crippen molar-refractivity contribution in [3.05, 3.63) is 17.8 Å². The minimum Gasteiger partial charge on any atom is -0.397 e. The van der Waals surface area contributed by atoms with Gasteiger partial charge >= 0.3 is 0 Å². The molecule has 1 heterocycles. The van der Waals surface area contributed by atoms with E-state index in [1.54, 1.807) is 0 Å². The number of hydrogen-bond donors (Lipinski definition) is 3. The van der Waals surface area contributed by atoms with Gasteiger partial charge in [0.1, 0.15) is 11.9 Å². The summed E-state index contributed by atoms with van der Waals surface area (Å²) in [4.78, 5) is 14.3. The van der Waals surface area contributed by atoms with E-state index in [4.69, 9.17) is 16.7 Å². The monoisotopic (exact) mass is 191 g/mol. The van der Waals surface area contributed by atoms with Gasteiger partial charge in [0.05, 0.1) is 24.0 Å². The molecule has 1 aromatic rings. The summed E-state index contributed by atoms with van der Waals surface area (Å²) in [6.45, 7) is -0.0639. The topological polar surface area (TPSA) is 118 Å². The van der Waals surface area contributed by atoms with Crippen molar-refractivity contribution < 1.29 is 4.79 Å². The zero-order chi connectivity index (χ0) is 10.6. The number of anilines is 2. The van der Waals surface area contributed by atoms with E-state index in [9.17, 15) is 4.79 Å². The third-order valence-electron chi connectivity index (χ3n) is 1.46. The number of aromatic nitrogens is 1. The molecule has 0 saturated carbocycles. The van der Waals surface area contributed by atoms with E-state index in [1.807, 2.05) is 6.07 Å². The molecule has 0 aromatic carbocycles. The van der Waals surface area contributed by atoms with Crippen molar-refractivity contribution in [3.63, 3.8) is 0 Å². The molecule has 0 atom stereocenters. The van der Waals surface area contributed by atoms with Gasteiger partial charge in [0.25, 0.3) is 0 Å². The summed E-state index contributed by atoms with van der Waals surface area (Å²) in [5.74, 6) is -0.215. The van der Waals surface area contributed by atoms with Gasteiger partial charge in [0, 0.05) is 0 Å². The number of amides is 1. The number of nitrogens with zero attached hydrogens (tertiary/aromatic N) is 2. The standard InChI is InChI=1S/C8H9N5O/c9-2-5-1-6(10)3-12-8(5)13-4-7(11)14/h1,3H,4,10H2,(H2,11,14)(H,12,13). The molecule has 0 saturated heterocycles. The number of pyridine rings is 1. The van der Waals surface area contributed by atoms with Crippen molar-refractivity contribution in [3.8, 4) is 6.07 Å². The second-order valence-corrected chi connectivity index (χ2v) is 2.60. The first-order valence-corrected chi connectivity index (χ1v) is 3.81. The summed E-state index contributed by atoms with van der Waals surface area (Å²) in [5.41, 5.74) is 11.0. The number of carbonyl (C=O) groups excluding carboxylic acids is 1. The summed E-state index contributed by atoms with van der Waals surface area (Å²) in [6, 6.07) is 3.37. The zero-order valence-corrected chi connectivity index (χ0v) is 7.32. The van der Waals surface area contributed by atoms with Crippen LogP contribution in [0.2, 0.25) is 0 Å². The fourth-order valence-electron chi connectivity index (χ4n) is 0.878. The fourth-order valence-corrected chi connectivity index (χ4v) is 0.878. The van der Waals surface area contributed by atoms with E-state index in [0.29, 0.717) is 11.5 Å². The Bertz CT molecular complexity index is 395. The molecule has 0 bridgehead atoms. The van der Waals surface area contributed by atoms with Crippen molar-refractivity contribution in [2.45, 2.75) is 0 Å². The molecule has 0 aliphatic heterocycles. The quantitative estimate of drug-likeness (QED) is 0.591. The number of carbonyl (C=O) groups is 1. The van der Waals surface area contributed by atoms with E-state index >= 15 is 0 Å². The first-order chi connectivity index (χ1) is 6.63. The van der Waals surface area contributed by atoms with Crippen LogP contribution in [0.15, 0.2) is 12.3 Å². The van der Waals surface area contributed by atoms with Crippen LogP contribution in [0.25, 0.3) is 0 Å². The lowest BCUT2D eigenvalue weighted by Gasteiger charge is -2.04. The normalized spacial score (nSPS) is 9.07. The van der Waals surface area contributed by atoms with Crippen molar-refractivity contribution in [2.75, 3.05) is 17.6 Å². The zero-order valence-electron chi connectivity index (χ0n) is 7.32. The summed E-state index contributed by atoms with van der Waals surface area (Å²) in [7, 11) is 0. The lowest BCUT2D eigenvalue weighted by Crippen LogP contribution is -2.22. The molecular formula is C8H9N5O. The Kier molecular flexibility index (Phi) is 2.86. The van der Waals surface area contributed by atoms with Crippen LogP contribution in [0.3, 0.4) is 0 Å². The van der Waals surface area contributed by atoms with Gasteiger partial charge < -0.3 is 16.8 Å². The Morgan fingerprint density at radius 2 is 2.43 bits per heavy atom. The molecule has 6 heteroatoms. The molecular weight excluding hydrogens is 182 g/mol. The smallest absolute Gasteiger partial charge is 0.236 e. The second-order valence-electron chi connectivity index (χ2n) is 2.60. The maximum absolute atomic E-state index is 10.5. The van der Waals surface area contributed by atoms with Crippen LogP contribution in [0.5, 0.6) is 0 Å². The minimum absolute atomic E-state index is 0.0639. The largest absolute Gasteiger partial charge is 0.397 e. The number of nitrogens with two attached hydrogens (primary N) is 2. The van der Waals surface area contributed by atoms with Gasteiger partial charge in [-0.3, -0.25) is 4.79 Å². The molecule has 6 nitrogen and oxygen atoms in total. The predicted octanol–water partition coefficient (Wildman–Crippen LogP) is -0.567. The third kappa shape index (κ3) is 2.35. The van der Waals surface area contributed by atoms with Crippen LogP contribution in [0.1, 0.15) is 5.56 Å². The average molecular weight is 191 g/mol. The van der Waals surface area contributed by atoms with E-state index in [1.165, 1.54) is 12.3 Å². The molecule has 0 aliphatic rings. The van der Waals surface area contributed by atoms with Crippen LogP contribution in [-0.2, 0) is 4.79 Å². The molecule has 0 radical (unpaired) electrons. The van der Waals surface area contributed by atoms with Gasteiger partial charge in [-0.05, 0) is 6.07 Å². The minimum atomic E-state index is -0.521. The third-order valence-corrected chi connectivity index (χ3v) is 1.46. The Morgan fingerprint density at radius 1 is 1.71 bits per heavy atom. The number of hydrogen-bond acceptors (Lipinski definition) is 5. The Morgan fingerprint density at radius 3 is 3.00 bits per heavy atom. The summed E-state index contributed by atoms with van der Waals surface area (Å²) in [6.07, 6.45) is 1.39. The average Bonchev–Trinajstić information content (AvgIpc) is 2.15. The highest BCUT2D eigenvalue weighted by molar-refractivity contribution is 5.79. The van der Waals surface area contributed by atoms with Gasteiger partial charge in [-0.2, -0.15) is 5.26 Å². The number of primary amides is 1. The lowest BCUT2D eigenvalue weighted by atomic mass is 10.2. The molecule has 0 fully saturated rings.